The van der Waals surface area contributed by atoms with Gasteiger partial charge < -0.3 is 4.74 Å². The Morgan fingerprint density at radius 3 is 2.38 bits per heavy atom. The number of para-hydroxylation sites is 1. The number of aromatic nitrogens is 2. The van der Waals surface area contributed by atoms with Gasteiger partial charge in [0.15, 0.2) is 5.16 Å². The van der Waals surface area contributed by atoms with Gasteiger partial charge >= 0.3 is 0 Å². The summed E-state index contributed by atoms with van der Waals surface area (Å²) in [6.45, 7) is 1.81. The summed E-state index contributed by atoms with van der Waals surface area (Å²) in [4.78, 5) is 8.56. The lowest BCUT2D eigenvalue weighted by molar-refractivity contribution is 0.454. The molecule has 0 aliphatic rings. The van der Waals surface area contributed by atoms with Crippen LogP contribution in [0.2, 0.25) is 0 Å². The van der Waals surface area contributed by atoms with Gasteiger partial charge in [0.05, 0.1) is 0 Å². The molecule has 1 aromatic heterocycles. The van der Waals surface area contributed by atoms with E-state index in [1.165, 1.54) is 18.2 Å². The molecule has 122 valence electrons. The first-order valence-corrected chi connectivity index (χ1v) is 8.24. The van der Waals surface area contributed by atoms with Gasteiger partial charge in [-0.05, 0) is 31.2 Å². The first kappa shape index (κ1) is 16.4. The number of rotatable bonds is 5. The number of hydrogen-bond acceptors (Lipinski definition) is 4. The molecular formula is C18H14F2N2OS. The molecule has 0 fully saturated rings. The monoisotopic (exact) mass is 344 g/mol. The summed E-state index contributed by atoms with van der Waals surface area (Å²) in [6, 6.07) is 14.8. The second-order valence-electron chi connectivity index (χ2n) is 5.03. The predicted molar refractivity (Wildman–Crippen MR) is 89.2 cm³/mol. The highest BCUT2D eigenvalue weighted by atomic mass is 32.2. The van der Waals surface area contributed by atoms with Crippen molar-refractivity contribution < 1.29 is 13.5 Å². The molecule has 0 aliphatic carbocycles. The largest absolute Gasteiger partial charge is 0.439 e. The van der Waals surface area contributed by atoms with Gasteiger partial charge in [-0.15, -0.1) is 0 Å². The summed E-state index contributed by atoms with van der Waals surface area (Å²) in [5.41, 5.74) is 0.727. The van der Waals surface area contributed by atoms with E-state index in [4.69, 9.17) is 4.74 Å². The maximum absolute atomic E-state index is 13.7. The Balaban J connectivity index is 1.77. The molecule has 0 aliphatic heterocycles. The van der Waals surface area contributed by atoms with Crippen molar-refractivity contribution in [1.29, 1.82) is 0 Å². The fraction of sp³-hybridized carbons (Fsp3) is 0.111. The molecule has 3 nitrogen and oxygen atoms in total. The number of benzene rings is 2. The van der Waals surface area contributed by atoms with Crippen molar-refractivity contribution in [2.24, 2.45) is 0 Å². The van der Waals surface area contributed by atoms with Crippen molar-refractivity contribution in [3.8, 4) is 11.6 Å². The zero-order chi connectivity index (χ0) is 16.9. The third-order valence-corrected chi connectivity index (χ3v) is 4.06. The minimum atomic E-state index is -0.573. The van der Waals surface area contributed by atoms with E-state index in [-0.39, 0.29) is 11.3 Å². The quantitative estimate of drug-likeness (QED) is 0.474. The fourth-order valence-electron chi connectivity index (χ4n) is 2.05. The maximum Gasteiger partial charge on any atom is 0.223 e. The van der Waals surface area contributed by atoms with Crippen LogP contribution in [0.5, 0.6) is 11.6 Å². The van der Waals surface area contributed by atoms with Crippen LogP contribution in [0.25, 0.3) is 0 Å². The van der Waals surface area contributed by atoms with Gasteiger partial charge in [0, 0.05) is 23.1 Å². The molecule has 0 amide bonds. The normalized spacial score (nSPS) is 10.6. The van der Waals surface area contributed by atoms with Crippen LogP contribution in [0.15, 0.2) is 59.8 Å². The summed E-state index contributed by atoms with van der Waals surface area (Å²) < 4.78 is 33.0. The Morgan fingerprint density at radius 2 is 1.67 bits per heavy atom. The highest BCUT2D eigenvalue weighted by Crippen LogP contribution is 2.26. The van der Waals surface area contributed by atoms with Gasteiger partial charge in [0.1, 0.15) is 17.4 Å². The predicted octanol–water partition coefficient (Wildman–Crippen LogP) is 5.15. The zero-order valence-electron chi connectivity index (χ0n) is 12.9. The van der Waals surface area contributed by atoms with Crippen LogP contribution in [-0.4, -0.2) is 9.97 Å². The lowest BCUT2D eigenvalue weighted by Crippen LogP contribution is -1.97. The van der Waals surface area contributed by atoms with Crippen molar-refractivity contribution in [3.05, 3.63) is 77.5 Å². The summed E-state index contributed by atoms with van der Waals surface area (Å²) in [5.74, 6) is 0.0101. The summed E-state index contributed by atoms with van der Waals surface area (Å²) in [5, 5.41) is 0.406. The van der Waals surface area contributed by atoms with E-state index >= 15 is 0 Å². The number of halogens is 2. The second-order valence-corrected chi connectivity index (χ2v) is 5.98. The molecule has 1 heterocycles. The Labute approximate surface area is 142 Å². The van der Waals surface area contributed by atoms with Crippen molar-refractivity contribution in [2.45, 2.75) is 17.8 Å². The number of aryl methyl sites for hydroxylation is 1. The number of hydrogen-bond donors (Lipinski definition) is 0. The van der Waals surface area contributed by atoms with E-state index in [2.05, 4.69) is 9.97 Å². The van der Waals surface area contributed by atoms with Crippen LogP contribution < -0.4 is 4.74 Å². The second kappa shape index (κ2) is 7.40. The van der Waals surface area contributed by atoms with Crippen LogP contribution in [-0.2, 0) is 5.75 Å². The summed E-state index contributed by atoms with van der Waals surface area (Å²) in [7, 11) is 0. The van der Waals surface area contributed by atoms with E-state index in [9.17, 15) is 8.78 Å². The summed E-state index contributed by atoms with van der Waals surface area (Å²) >= 11 is 1.16. The third kappa shape index (κ3) is 4.08. The SMILES string of the molecule is Cc1cc(Oc2ccccc2)nc(SCc2c(F)cccc2F)n1. The van der Waals surface area contributed by atoms with Gasteiger partial charge in [0.25, 0.3) is 0 Å². The van der Waals surface area contributed by atoms with Gasteiger partial charge in [-0.25, -0.2) is 13.8 Å². The molecule has 0 saturated heterocycles. The van der Waals surface area contributed by atoms with Crippen molar-refractivity contribution in [1.82, 2.24) is 9.97 Å². The van der Waals surface area contributed by atoms with Gasteiger partial charge in [-0.2, -0.15) is 4.98 Å². The molecule has 0 radical (unpaired) electrons. The minimum Gasteiger partial charge on any atom is -0.439 e. The molecule has 0 bridgehead atoms. The Bertz CT molecular complexity index is 823. The van der Waals surface area contributed by atoms with Gasteiger partial charge in [0.2, 0.25) is 5.88 Å². The fourth-order valence-corrected chi connectivity index (χ4v) is 2.96. The van der Waals surface area contributed by atoms with Crippen molar-refractivity contribution >= 4 is 11.8 Å². The van der Waals surface area contributed by atoms with Crippen molar-refractivity contribution in [2.75, 3.05) is 0 Å². The molecule has 3 aromatic rings. The van der Waals surface area contributed by atoms with Crippen LogP contribution in [0, 0.1) is 18.6 Å². The number of ether oxygens (including phenoxy) is 1. The molecule has 6 heteroatoms. The molecule has 2 aromatic carbocycles. The van der Waals surface area contributed by atoms with Crippen LogP contribution in [0.3, 0.4) is 0 Å². The van der Waals surface area contributed by atoms with Crippen LogP contribution in [0.4, 0.5) is 8.78 Å². The maximum atomic E-state index is 13.7. The lowest BCUT2D eigenvalue weighted by atomic mass is 10.2. The van der Waals surface area contributed by atoms with E-state index in [0.29, 0.717) is 22.5 Å². The Morgan fingerprint density at radius 1 is 0.958 bits per heavy atom. The van der Waals surface area contributed by atoms with E-state index in [0.717, 1.165) is 11.8 Å². The molecule has 0 N–H and O–H groups in total. The number of nitrogens with zero attached hydrogens (tertiary/aromatic N) is 2. The first-order chi connectivity index (χ1) is 11.6. The highest BCUT2D eigenvalue weighted by Gasteiger charge is 2.11. The molecule has 0 saturated carbocycles. The molecule has 3 rings (SSSR count). The molecule has 0 atom stereocenters. The molecular weight excluding hydrogens is 330 g/mol. The van der Waals surface area contributed by atoms with Gasteiger partial charge in [-0.3, -0.25) is 0 Å². The topological polar surface area (TPSA) is 35.0 Å². The minimum absolute atomic E-state index is 0.0122. The third-order valence-electron chi connectivity index (χ3n) is 3.18. The smallest absolute Gasteiger partial charge is 0.223 e. The van der Waals surface area contributed by atoms with E-state index < -0.39 is 11.6 Å². The standard InChI is InChI=1S/C18H14F2N2OS/c1-12-10-17(23-13-6-3-2-4-7-13)22-18(21-12)24-11-14-15(19)8-5-9-16(14)20/h2-10H,11H2,1H3. The van der Waals surface area contributed by atoms with Crippen LogP contribution in [0.1, 0.15) is 11.3 Å². The average molecular weight is 344 g/mol. The molecule has 24 heavy (non-hydrogen) atoms. The first-order valence-electron chi connectivity index (χ1n) is 7.26. The Kier molecular flexibility index (Phi) is 5.05. The Hall–Kier alpha value is -2.47. The lowest BCUT2D eigenvalue weighted by Gasteiger charge is -2.08. The molecule has 0 spiro atoms. The number of thioether (sulfide) groups is 1. The zero-order valence-corrected chi connectivity index (χ0v) is 13.7. The van der Waals surface area contributed by atoms with E-state index in [1.54, 1.807) is 6.07 Å². The highest BCUT2D eigenvalue weighted by molar-refractivity contribution is 7.98. The average Bonchev–Trinajstić information content (AvgIpc) is 2.55. The molecule has 0 unspecified atom stereocenters. The van der Waals surface area contributed by atoms with Crippen LogP contribution >= 0.6 is 11.8 Å². The summed E-state index contributed by atoms with van der Waals surface area (Å²) in [6.07, 6.45) is 0. The van der Waals surface area contributed by atoms with Gasteiger partial charge in [-0.1, -0.05) is 36.0 Å². The van der Waals surface area contributed by atoms with E-state index in [1.807, 2.05) is 37.3 Å². The van der Waals surface area contributed by atoms with Crippen molar-refractivity contribution in [3.63, 3.8) is 0 Å².